The van der Waals surface area contributed by atoms with E-state index in [0.717, 1.165) is 13.1 Å². The third kappa shape index (κ3) is 4.59. The Morgan fingerprint density at radius 3 is 2.38 bits per heavy atom. The average molecular weight is 334 g/mol. The van der Waals surface area contributed by atoms with Gasteiger partial charge < -0.3 is 10.2 Å². The van der Waals surface area contributed by atoms with E-state index in [9.17, 15) is 4.79 Å². The average Bonchev–Trinajstić information content (AvgIpc) is 2.59. The highest BCUT2D eigenvalue weighted by atomic mass is 16.4. The van der Waals surface area contributed by atoms with Gasteiger partial charge in [0.05, 0.1) is 12.1 Å². The Morgan fingerprint density at radius 2 is 1.75 bits per heavy atom. The number of hydrogen-bond donors (Lipinski definition) is 2. The maximum atomic E-state index is 12.3. The number of fused-ring (bicyclic) bond motifs is 1. The summed E-state index contributed by atoms with van der Waals surface area (Å²) in [6, 6.07) is 3.56. The Hall–Kier alpha value is -2.81. The first kappa shape index (κ1) is 17.5. The molecule has 24 heavy (non-hydrogen) atoms. The Labute approximate surface area is 137 Å². The minimum atomic E-state index is -1.82. The van der Waals surface area contributed by atoms with Crippen molar-refractivity contribution in [3.63, 3.8) is 0 Å². The van der Waals surface area contributed by atoms with Gasteiger partial charge in [-0.3, -0.25) is 14.3 Å². The van der Waals surface area contributed by atoms with Gasteiger partial charge in [0, 0.05) is 6.20 Å². The van der Waals surface area contributed by atoms with Gasteiger partial charge in [-0.05, 0) is 38.1 Å². The van der Waals surface area contributed by atoms with E-state index in [-0.39, 0.29) is 5.56 Å². The van der Waals surface area contributed by atoms with Crippen LogP contribution in [-0.2, 0) is 16.3 Å². The van der Waals surface area contributed by atoms with E-state index in [1.54, 1.807) is 29.2 Å². The van der Waals surface area contributed by atoms with E-state index in [4.69, 9.17) is 19.8 Å². The van der Waals surface area contributed by atoms with Crippen LogP contribution in [0.15, 0.2) is 29.5 Å². The predicted molar refractivity (Wildman–Crippen MR) is 84.5 cm³/mol. The van der Waals surface area contributed by atoms with Crippen LogP contribution in [0.1, 0.15) is 19.3 Å². The van der Waals surface area contributed by atoms with E-state index in [1.165, 1.54) is 19.3 Å². The van der Waals surface area contributed by atoms with Crippen LogP contribution in [0.3, 0.4) is 0 Å². The fraction of sp³-hybridized carbons (Fsp3) is 0.400. The van der Waals surface area contributed by atoms with Gasteiger partial charge in [-0.2, -0.15) is 0 Å². The minimum Gasteiger partial charge on any atom is -0.473 e. The molecular formula is C15H18N4O5. The van der Waals surface area contributed by atoms with Gasteiger partial charge >= 0.3 is 11.9 Å². The summed E-state index contributed by atoms with van der Waals surface area (Å²) in [4.78, 5) is 41.1. The van der Waals surface area contributed by atoms with Crippen LogP contribution < -0.4 is 5.56 Å². The van der Waals surface area contributed by atoms with Crippen LogP contribution in [-0.4, -0.2) is 54.7 Å². The molecule has 128 valence electrons. The van der Waals surface area contributed by atoms with E-state index in [2.05, 4.69) is 14.9 Å². The predicted octanol–water partition coefficient (Wildman–Crippen LogP) is 0.390. The zero-order chi connectivity index (χ0) is 17.5. The molecule has 0 radical (unpaired) electrons. The zero-order valence-corrected chi connectivity index (χ0v) is 13.0. The lowest BCUT2D eigenvalue weighted by Gasteiger charge is -2.26. The summed E-state index contributed by atoms with van der Waals surface area (Å²) in [6.45, 7) is 2.77. The number of carbonyl (C=O) groups is 2. The lowest BCUT2D eigenvalue weighted by atomic mass is 10.1. The van der Waals surface area contributed by atoms with Crippen LogP contribution >= 0.6 is 0 Å². The van der Waals surface area contributed by atoms with Gasteiger partial charge in [0.15, 0.2) is 5.65 Å². The highest BCUT2D eigenvalue weighted by Crippen LogP contribution is 2.09. The van der Waals surface area contributed by atoms with E-state index in [1.807, 2.05) is 0 Å². The Bertz CT molecular complexity index is 771. The number of pyridine rings is 1. The molecule has 2 aromatic heterocycles. The Morgan fingerprint density at radius 1 is 1.08 bits per heavy atom. The lowest BCUT2D eigenvalue weighted by Crippen LogP contribution is -2.35. The maximum absolute atomic E-state index is 12.3. The van der Waals surface area contributed by atoms with Gasteiger partial charge in [0.1, 0.15) is 6.33 Å². The van der Waals surface area contributed by atoms with Crippen LogP contribution in [0.25, 0.3) is 11.0 Å². The van der Waals surface area contributed by atoms with Crippen molar-refractivity contribution in [2.75, 3.05) is 13.1 Å². The summed E-state index contributed by atoms with van der Waals surface area (Å²) >= 11 is 0. The van der Waals surface area contributed by atoms with Crippen molar-refractivity contribution in [2.24, 2.45) is 0 Å². The normalized spacial score (nSPS) is 14.7. The van der Waals surface area contributed by atoms with Crippen LogP contribution in [0.5, 0.6) is 0 Å². The van der Waals surface area contributed by atoms with Crippen LogP contribution in [0, 0.1) is 0 Å². The van der Waals surface area contributed by atoms with Gasteiger partial charge in [-0.15, -0.1) is 0 Å². The van der Waals surface area contributed by atoms with Crippen molar-refractivity contribution in [1.82, 2.24) is 19.4 Å². The molecule has 1 fully saturated rings. The molecule has 1 aliphatic rings. The molecule has 3 heterocycles. The fourth-order valence-corrected chi connectivity index (χ4v) is 2.42. The number of nitrogens with zero attached hydrogens (tertiary/aromatic N) is 4. The molecule has 0 unspecified atom stereocenters. The second-order valence-corrected chi connectivity index (χ2v) is 5.32. The van der Waals surface area contributed by atoms with Gasteiger partial charge in [0.25, 0.3) is 5.56 Å². The molecule has 0 amide bonds. The number of aromatic nitrogens is 3. The second kappa shape index (κ2) is 8.16. The van der Waals surface area contributed by atoms with Crippen molar-refractivity contribution in [1.29, 1.82) is 0 Å². The van der Waals surface area contributed by atoms with Gasteiger partial charge in [-0.25, -0.2) is 19.6 Å². The summed E-state index contributed by atoms with van der Waals surface area (Å²) in [5.41, 5.74) is 0.524. The van der Waals surface area contributed by atoms with Crippen molar-refractivity contribution in [3.8, 4) is 0 Å². The number of rotatable bonds is 2. The maximum Gasteiger partial charge on any atom is 0.414 e. The highest BCUT2D eigenvalue weighted by molar-refractivity contribution is 6.27. The molecule has 9 nitrogen and oxygen atoms in total. The standard InChI is InChI=1S/C13H16N4O.C2H2O4/c18-13-11-5-4-6-14-12(11)15-9-17(13)10-16-7-2-1-3-8-16;3-1(4)2(5)6/h4-6,9H,1-3,7-8,10H2;(H,3,4)(H,5,6). The van der Waals surface area contributed by atoms with E-state index >= 15 is 0 Å². The molecule has 0 spiro atoms. The number of carboxylic acid groups (broad SMARTS) is 2. The molecule has 0 bridgehead atoms. The molecular weight excluding hydrogens is 316 g/mol. The van der Waals surface area contributed by atoms with E-state index in [0.29, 0.717) is 17.7 Å². The molecule has 2 N–H and O–H groups in total. The summed E-state index contributed by atoms with van der Waals surface area (Å²) in [5, 5.41) is 15.4. The first-order valence-electron chi connectivity index (χ1n) is 7.48. The number of carboxylic acids is 2. The molecule has 0 aliphatic carbocycles. The van der Waals surface area contributed by atoms with Crippen LogP contribution in [0.4, 0.5) is 0 Å². The quantitative estimate of drug-likeness (QED) is 0.755. The summed E-state index contributed by atoms with van der Waals surface area (Å²) in [5.74, 6) is -3.65. The Balaban J connectivity index is 0.000000301. The first-order valence-corrected chi connectivity index (χ1v) is 7.48. The number of aliphatic carboxylic acids is 2. The molecule has 0 atom stereocenters. The third-order valence-corrected chi connectivity index (χ3v) is 3.58. The zero-order valence-electron chi connectivity index (χ0n) is 13.0. The lowest BCUT2D eigenvalue weighted by molar-refractivity contribution is -0.159. The van der Waals surface area contributed by atoms with Crippen molar-refractivity contribution >= 4 is 23.0 Å². The smallest absolute Gasteiger partial charge is 0.414 e. The SMILES string of the molecule is O=C(O)C(=O)O.O=c1c2cccnc2ncn1CN1CCCCC1. The molecule has 1 saturated heterocycles. The van der Waals surface area contributed by atoms with Gasteiger partial charge in [-0.1, -0.05) is 6.42 Å². The molecule has 2 aromatic rings. The number of likely N-dealkylation sites (tertiary alicyclic amines) is 1. The van der Waals surface area contributed by atoms with Crippen molar-refractivity contribution in [3.05, 3.63) is 35.0 Å². The molecule has 3 rings (SSSR count). The summed E-state index contributed by atoms with van der Waals surface area (Å²) in [6.07, 6.45) is 7.00. The number of hydrogen-bond acceptors (Lipinski definition) is 6. The van der Waals surface area contributed by atoms with E-state index < -0.39 is 11.9 Å². The van der Waals surface area contributed by atoms with Crippen LogP contribution in [0.2, 0.25) is 0 Å². The largest absolute Gasteiger partial charge is 0.473 e. The molecule has 1 aliphatic heterocycles. The Kier molecular flexibility index (Phi) is 5.96. The monoisotopic (exact) mass is 334 g/mol. The van der Waals surface area contributed by atoms with Crippen molar-refractivity contribution < 1.29 is 19.8 Å². The molecule has 0 aromatic carbocycles. The minimum absolute atomic E-state index is 0.00123. The topological polar surface area (TPSA) is 126 Å². The fourth-order valence-electron chi connectivity index (χ4n) is 2.42. The second-order valence-electron chi connectivity index (χ2n) is 5.32. The summed E-state index contributed by atoms with van der Waals surface area (Å²) < 4.78 is 1.68. The molecule has 9 heteroatoms. The third-order valence-electron chi connectivity index (χ3n) is 3.58. The first-order chi connectivity index (χ1) is 11.5. The van der Waals surface area contributed by atoms with Gasteiger partial charge in [0.2, 0.25) is 0 Å². The highest BCUT2D eigenvalue weighted by Gasteiger charge is 2.12. The number of piperidine rings is 1. The van der Waals surface area contributed by atoms with Crippen molar-refractivity contribution in [2.45, 2.75) is 25.9 Å². The summed E-state index contributed by atoms with van der Waals surface area (Å²) in [7, 11) is 0. The molecule has 0 saturated carbocycles.